The molecule has 1 atom stereocenters. The highest BCUT2D eigenvalue weighted by Gasteiger charge is 2.15. The Morgan fingerprint density at radius 3 is 2.76 bits per heavy atom. The minimum absolute atomic E-state index is 0.0884. The molecule has 1 heterocycles. The standard InChI is InChI=1S/C15H13Cl2N3O/c1-3-8-20-15(21)14(13(17)9-18-20)19-10(2)11-6-4-5-7-12(11)16/h1,4-7,9-10,19H,8H2,2H3. The first-order valence-corrected chi connectivity index (χ1v) is 7.00. The number of rotatable bonds is 4. The first kappa shape index (κ1) is 15.4. The van der Waals surface area contributed by atoms with Crippen LogP contribution in [0.1, 0.15) is 18.5 Å². The van der Waals surface area contributed by atoms with Crippen LogP contribution in [0.25, 0.3) is 0 Å². The van der Waals surface area contributed by atoms with Crippen molar-refractivity contribution in [2.45, 2.75) is 19.5 Å². The maximum absolute atomic E-state index is 12.3. The van der Waals surface area contributed by atoms with Crippen molar-refractivity contribution < 1.29 is 0 Å². The normalized spacial score (nSPS) is 11.7. The number of nitrogens with zero attached hydrogens (tertiary/aromatic N) is 2. The van der Waals surface area contributed by atoms with Crippen LogP contribution in [0, 0.1) is 12.3 Å². The van der Waals surface area contributed by atoms with E-state index in [1.807, 2.05) is 25.1 Å². The number of halogens is 2. The monoisotopic (exact) mass is 321 g/mol. The van der Waals surface area contributed by atoms with Crippen molar-refractivity contribution in [2.24, 2.45) is 0 Å². The van der Waals surface area contributed by atoms with E-state index >= 15 is 0 Å². The van der Waals surface area contributed by atoms with Crippen molar-refractivity contribution >= 4 is 28.9 Å². The van der Waals surface area contributed by atoms with Gasteiger partial charge in [0.1, 0.15) is 12.2 Å². The van der Waals surface area contributed by atoms with E-state index in [-0.39, 0.29) is 28.9 Å². The number of hydrogen-bond acceptors (Lipinski definition) is 3. The fraction of sp³-hybridized carbons (Fsp3) is 0.200. The van der Waals surface area contributed by atoms with Crippen LogP contribution >= 0.6 is 23.2 Å². The van der Waals surface area contributed by atoms with E-state index in [9.17, 15) is 4.79 Å². The highest BCUT2D eigenvalue weighted by Crippen LogP contribution is 2.26. The van der Waals surface area contributed by atoms with Gasteiger partial charge in [-0.25, -0.2) is 4.68 Å². The molecule has 1 unspecified atom stereocenters. The van der Waals surface area contributed by atoms with Crippen molar-refractivity contribution in [3.63, 3.8) is 0 Å². The lowest BCUT2D eigenvalue weighted by Crippen LogP contribution is -2.26. The highest BCUT2D eigenvalue weighted by molar-refractivity contribution is 6.33. The predicted molar refractivity (Wildman–Crippen MR) is 85.8 cm³/mol. The molecule has 1 aromatic carbocycles. The zero-order chi connectivity index (χ0) is 15.4. The SMILES string of the molecule is C#CCn1ncc(Cl)c(NC(C)c2ccccc2Cl)c1=O. The topological polar surface area (TPSA) is 46.9 Å². The highest BCUT2D eigenvalue weighted by atomic mass is 35.5. The average Bonchev–Trinajstić information content (AvgIpc) is 2.47. The fourth-order valence-corrected chi connectivity index (χ4v) is 2.40. The molecule has 0 aliphatic rings. The van der Waals surface area contributed by atoms with Gasteiger partial charge in [0.2, 0.25) is 0 Å². The van der Waals surface area contributed by atoms with Gasteiger partial charge in [-0.1, -0.05) is 47.3 Å². The van der Waals surface area contributed by atoms with Gasteiger partial charge >= 0.3 is 0 Å². The Kier molecular flexibility index (Phi) is 4.89. The largest absolute Gasteiger partial charge is 0.373 e. The Hall–Kier alpha value is -1.96. The molecule has 108 valence electrons. The van der Waals surface area contributed by atoms with E-state index in [1.54, 1.807) is 6.07 Å². The van der Waals surface area contributed by atoms with Crippen molar-refractivity contribution in [2.75, 3.05) is 5.32 Å². The number of anilines is 1. The van der Waals surface area contributed by atoms with Crippen molar-refractivity contribution in [1.82, 2.24) is 9.78 Å². The van der Waals surface area contributed by atoms with Gasteiger partial charge in [0.05, 0.1) is 17.3 Å². The van der Waals surface area contributed by atoms with Crippen molar-refractivity contribution in [3.05, 3.63) is 56.4 Å². The molecule has 4 nitrogen and oxygen atoms in total. The summed E-state index contributed by atoms with van der Waals surface area (Å²) in [6.45, 7) is 1.98. The molecule has 0 spiro atoms. The van der Waals surface area contributed by atoms with E-state index in [1.165, 1.54) is 10.9 Å². The first-order chi connectivity index (χ1) is 10.0. The van der Waals surface area contributed by atoms with Crippen LogP contribution in [0.15, 0.2) is 35.3 Å². The van der Waals surface area contributed by atoms with Gasteiger partial charge in [-0.2, -0.15) is 5.10 Å². The number of hydrogen-bond donors (Lipinski definition) is 1. The van der Waals surface area contributed by atoms with Crippen LogP contribution in [-0.2, 0) is 6.54 Å². The lowest BCUT2D eigenvalue weighted by atomic mass is 10.1. The molecule has 1 aromatic heterocycles. The molecular formula is C15H13Cl2N3O. The molecule has 0 bridgehead atoms. The lowest BCUT2D eigenvalue weighted by Gasteiger charge is -2.17. The van der Waals surface area contributed by atoms with Crippen molar-refractivity contribution in [3.8, 4) is 12.3 Å². The van der Waals surface area contributed by atoms with Gasteiger partial charge < -0.3 is 5.32 Å². The van der Waals surface area contributed by atoms with Crippen LogP contribution in [-0.4, -0.2) is 9.78 Å². The quantitative estimate of drug-likeness (QED) is 0.878. The van der Waals surface area contributed by atoms with Gasteiger partial charge in [-0.15, -0.1) is 6.42 Å². The molecule has 1 N–H and O–H groups in total. The molecule has 0 radical (unpaired) electrons. The fourth-order valence-electron chi connectivity index (χ4n) is 1.92. The smallest absolute Gasteiger partial charge is 0.292 e. The van der Waals surface area contributed by atoms with Gasteiger partial charge in [0, 0.05) is 5.02 Å². The number of nitrogens with one attached hydrogen (secondary N) is 1. The van der Waals surface area contributed by atoms with Gasteiger partial charge in [0.15, 0.2) is 0 Å². The zero-order valence-corrected chi connectivity index (χ0v) is 12.8. The maximum Gasteiger partial charge on any atom is 0.292 e. The Morgan fingerprint density at radius 2 is 2.10 bits per heavy atom. The predicted octanol–water partition coefficient (Wildman–Crippen LogP) is 3.36. The van der Waals surface area contributed by atoms with Crippen LogP contribution in [0.3, 0.4) is 0 Å². The molecule has 0 saturated heterocycles. The van der Waals surface area contributed by atoms with Gasteiger partial charge in [0.25, 0.3) is 5.56 Å². The third kappa shape index (κ3) is 3.38. The van der Waals surface area contributed by atoms with Gasteiger partial charge in [-0.05, 0) is 18.6 Å². The molecule has 0 amide bonds. The first-order valence-electron chi connectivity index (χ1n) is 6.24. The molecule has 0 aliphatic carbocycles. The number of benzene rings is 1. The summed E-state index contributed by atoms with van der Waals surface area (Å²) in [4.78, 5) is 12.3. The second-order valence-electron chi connectivity index (χ2n) is 4.42. The summed E-state index contributed by atoms with van der Waals surface area (Å²) in [6.07, 6.45) is 6.60. The molecule has 0 saturated carbocycles. The van der Waals surface area contributed by atoms with Crippen LogP contribution in [0.4, 0.5) is 5.69 Å². The molecule has 2 aromatic rings. The number of terminal acetylenes is 1. The van der Waals surface area contributed by atoms with Crippen LogP contribution < -0.4 is 10.9 Å². The summed E-state index contributed by atoms with van der Waals surface area (Å²) < 4.78 is 1.17. The summed E-state index contributed by atoms with van der Waals surface area (Å²) in [6, 6.07) is 7.21. The van der Waals surface area contributed by atoms with E-state index in [0.29, 0.717) is 5.02 Å². The summed E-state index contributed by atoms with van der Waals surface area (Å²) in [7, 11) is 0. The lowest BCUT2D eigenvalue weighted by molar-refractivity contribution is 0.662. The third-order valence-corrected chi connectivity index (χ3v) is 3.60. The average molecular weight is 322 g/mol. The van der Waals surface area contributed by atoms with E-state index < -0.39 is 0 Å². The van der Waals surface area contributed by atoms with Crippen LogP contribution in [0.5, 0.6) is 0 Å². The minimum Gasteiger partial charge on any atom is -0.373 e. The Morgan fingerprint density at radius 1 is 1.38 bits per heavy atom. The van der Waals surface area contributed by atoms with Crippen LogP contribution in [0.2, 0.25) is 10.0 Å². The molecule has 0 fully saturated rings. The number of aromatic nitrogens is 2. The molecule has 6 heteroatoms. The molecule has 0 aliphatic heterocycles. The van der Waals surface area contributed by atoms with Gasteiger partial charge in [-0.3, -0.25) is 4.79 Å². The summed E-state index contributed by atoms with van der Waals surface area (Å²) in [5.41, 5.74) is 0.767. The van der Waals surface area contributed by atoms with Crippen molar-refractivity contribution in [1.29, 1.82) is 0 Å². The minimum atomic E-state index is -0.362. The third-order valence-electron chi connectivity index (χ3n) is 2.97. The molecule has 2 rings (SSSR count). The van der Waals surface area contributed by atoms with E-state index in [2.05, 4.69) is 16.3 Å². The summed E-state index contributed by atoms with van der Waals surface area (Å²) in [5.74, 6) is 2.37. The summed E-state index contributed by atoms with van der Waals surface area (Å²) in [5, 5.41) is 7.83. The second-order valence-corrected chi connectivity index (χ2v) is 5.24. The second kappa shape index (κ2) is 6.66. The van der Waals surface area contributed by atoms with E-state index in [0.717, 1.165) is 5.56 Å². The summed E-state index contributed by atoms with van der Waals surface area (Å²) >= 11 is 12.2. The Labute approximate surface area is 132 Å². The molecular weight excluding hydrogens is 309 g/mol. The zero-order valence-electron chi connectivity index (χ0n) is 11.3. The maximum atomic E-state index is 12.3. The van der Waals surface area contributed by atoms with E-state index in [4.69, 9.17) is 29.6 Å². The Bertz CT molecular complexity index is 749. The Balaban J connectivity index is 2.36. The molecule has 21 heavy (non-hydrogen) atoms.